The van der Waals surface area contributed by atoms with E-state index in [1.807, 2.05) is 30.3 Å². The molecule has 0 unspecified atom stereocenters. The first kappa shape index (κ1) is 13.7. The van der Waals surface area contributed by atoms with Crippen molar-refractivity contribution in [2.75, 3.05) is 5.32 Å². The molecule has 6 heteroatoms. The van der Waals surface area contributed by atoms with E-state index in [2.05, 4.69) is 48.8 Å². The fourth-order valence-electron chi connectivity index (χ4n) is 1.41. The van der Waals surface area contributed by atoms with Crippen LogP contribution >= 0.6 is 50.7 Å². The van der Waals surface area contributed by atoms with Crippen molar-refractivity contribution in [3.05, 3.63) is 50.1 Å². The Morgan fingerprint density at radius 1 is 1.39 bits per heavy atom. The van der Waals surface area contributed by atoms with Crippen molar-refractivity contribution in [2.24, 2.45) is 5.73 Å². The molecule has 3 nitrogen and oxygen atoms in total. The Bertz CT molecular complexity index is 604. The van der Waals surface area contributed by atoms with Crippen LogP contribution in [0.15, 0.2) is 41.0 Å². The second-order valence-corrected chi connectivity index (χ2v) is 5.97. The number of halogens is 2. The van der Waals surface area contributed by atoms with Gasteiger partial charge in [-0.1, -0.05) is 12.2 Å². The zero-order valence-electron chi connectivity index (χ0n) is 9.15. The number of hydrogen-bond donors (Lipinski definition) is 2. The van der Waals surface area contributed by atoms with Crippen molar-refractivity contribution in [3.63, 3.8) is 0 Å². The van der Waals surface area contributed by atoms with Gasteiger partial charge in [0.05, 0.1) is 5.56 Å². The highest BCUT2D eigenvalue weighted by Crippen LogP contribution is 2.25. The van der Waals surface area contributed by atoms with Crippen LogP contribution in [0.25, 0.3) is 0 Å². The zero-order valence-corrected chi connectivity index (χ0v) is 13.7. The summed E-state index contributed by atoms with van der Waals surface area (Å²) >= 11 is 10.7. The summed E-state index contributed by atoms with van der Waals surface area (Å²) in [6, 6.07) is 9.62. The van der Waals surface area contributed by atoms with Crippen LogP contribution in [0, 0.1) is 3.57 Å². The predicted molar refractivity (Wildman–Crippen MR) is 90.3 cm³/mol. The summed E-state index contributed by atoms with van der Waals surface area (Å²) in [5.74, 6) is 0.670. The van der Waals surface area contributed by atoms with Crippen LogP contribution in [0.3, 0.4) is 0 Å². The Kier molecular flexibility index (Phi) is 4.52. The van der Waals surface area contributed by atoms with E-state index in [4.69, 9.17) is 18.0 Å². The topological polar surface area (TPSA) is 50.9 Å². The predicted octanol–water partition coefficient (Wildman–Crippen LogP) is 3.83. The first-order valence-corrected chi connectivity index (χ1v) is 7.33. The average Bonchev–Trinajstić information content (AvgIpc) is 2.34. The lowest BCUT2D eigenvalue weighted by Crippen LogP contribution is -2.12. The molecule has 0 radical (unpaired) electrons. The maximum Gasteiger partial charge on any atom is 0.140 e. The van der Waals surface area contributed by atoms with Crippen LogP contribution in [0.5, 0.6) is 0 Å². The van der Waals surface area contributed by atoms with Crippen LogP contribution in [-0.2, 0) is 0 Å². The van der Waals surface area contributed by atoms with E-state index in [0.29, 0.717) is 10.8 Å². The summed E-state index contributed by atoms with van der Waals surface area (Å²) in [5.41, 5.74) is 7.35. The summed E-state index contributed by atoms with van der Waals surface area (Å²) in [6.45, 7) is 0. The van der Waals surface area contributed by atoms with Gasteiger partial charge in [-0.2, -0.15) is 0 Å². The van der Waals surface area contributed by atoms with E-state index in [-0.39, 0.29) is 0 Å². The standard InChI is InChI=1S/C12H9BrIN3S/c13-9-4-3-7(6-10(9)14)17-12-8(11(15)18)2-1-5-16-12/h1-6H,(H2,15,18)(H,16,17). The van der Waals surface area contributed by atoms with Gasteiger partial charge in [-0.3, -0.25) is 0 Å². The van der Waals surface area contributed by atoms with Crippen LogP contribution in [-0.4, -0.2) is 9.97 Å². The van der Waals surface area contributed by atoms with Crippen LogP contribution in [0.4, 0.5) is 11.5 Å². The minimum atomic E-state index is 0.331. The van der Waals surface area contributed by atoms with Crippen LogP contribution in [0.1, 0.15) is 5.56 Å². The highest BCUT2D eigenvalue weighted by Gasteiger charge is 2.06. The zero-order chi connectivity index (χ0) is 13.1. The normalized spacial score (nSPS) is 10.1. The van der Waals surface area contributed by atoms with Gasteiger partial charge in [0.1, 0.15) is 10.8 Å². The Morgan fingerprint density at radius 3 is 2.83 bits per heavy atom. The number of thiocarbonyl (C=S) groups is 1. The molecule has 1 heterocycles. The molecule has 2 rings (SSSR count). The molecule has 0 bridgehead atoms. The Hall–Kier alpha value is -0.730. The summed E-state index contributed by atoms with van der Waals surface area (Å²) in [4.78, 5) is 4.59. The molecule has 0 fully saturated rings. The molecule has 0 saturated heterocycles. The molecule has 2 aromatic rings. The summed E-state index contributed by atoms with van der Waals surface area (Å²) in [5, 5.41) is 3.22. The number of anilines is 2. The molecular formula is C12H9BrIN3S. The molecule has 92 valence electrons. The molecule has 3 N–H and O–H groups in total. The van der Waals surface area contributed by atoms with Gasteiger partial charge in [0.25, 0.3) is 0 Å². The second-order valence-electron chi connectivity index (χ2n) is 3.52. The third kappa shape index (κ3) is 3.18. The number of rotatable bonds is 3. The lowest BCUT2D eigenvalue weighted by atomic mass is 10.2. The lowest BCUT2D eigenvalue weighted by molar-refractivity contribution is 1.29. The monoisotopic (exact) mass is 433 g/mol. The van der Waals surface area contributed by atoms with Crippen molar-refractivity contribution < 1.29 is 0 Å². The third-order valence-corrected chi connectivity index (χ3v) is 4.80. The van der Waals surface area contributed by atoms with Gasteiger partial charge in [-0.15, -0.1) is 0 Å². The molecule has 0 amide bonds. The number of nitrogens with one attached hydrogen (secondary N) is 1. The van der Waals surface area contributed by atoms with Gasteiger partial charge < -0.3 is 11.1 Å². The molecule has 0 spiro atoms. The van der Waals surface area contributed by atoms with E-state index < -0.39 is 0 Å². The number of hydrogen-bond acceptors (Lipinski definition) is 3. The second kappa shape index (κ2) is 5.94. The van der Waals surface area contributed by atoms with E-state index in [0.717, 1.165) is 19.3 Å². The van der Waals surface area contributed by atoms with Gasteiger partial charge in [-0.05, 0) is 68.9 Å². The van der Waals surface area contributed by atoms with Crippen LogP contribution in [0.2, 0.25) is 0 Å². The first-order valence-electron chi connectivity index (χ1n) is 5.05. The van der Waals surface area contributed by atoms with E-state index in [1.165, 1.54) is 0 Å². The quantitative estimate of drug-likeness (QED) is 0.570. The largest absolute Gasteiger partial charge is 0.389 e. The van der Waals surface area contributed by atoms with Crippen molar-refractivity contribution >= 4 is 67.2 Å². The lowest BCUT2D eigenvalue weighted by Gasteiger charge is -2.10. The molecule has 1 aromatic heterocycles. The Balaban J connectivity index is 2.34. The number of pyridine rings is 1. The number of aromatic nitrogens is 1. The molecule has 0 atom stereocenters. The van der Waals surface area contributed by atoms with Crippen LogP contribution < -0.4 is 11.1 Å². The van der Waals surface area contributed by atoms with E-state index >= 15 is 0 Å². The van der Waals surface area contributed by atoms with E-state index in [9.17, 15) is 0 Å². The maximum absolute atomic E-state index is 5.66. The molecule has 0 aliphatic carbocycles. The van der Waals surface area contributed by atoms with Gasteiger partial charge in [0, 0.05) is 19.9 Å². The summed E-state index contributed by atoms with van der Waals surface area (Å²) in [7, 11) is 0. The minimum absolute atomic E-state index is 0.331. The Labute approximate surface area is 132 Å². The highest BCUT2D eigenvalue weighted by molar-refractivity contribution is 14.1. The first-order chi connectivity index (χ1) is 8.58. The summed E-state index contributed by atoms with van der Waals surface area (Å²) < 4.78 is 2.18. The van der Waals surface area contributed by atoms with Crippen molar-refractivity contribution in [3.8, 4) is 0 Å². The molecule has 1 aromatic carbocycles. The fourth-order valence-corrected chi connectivity index (χ4v) is 2.34. The molecule has 0 aliphatic heterocycles. The third-order valence-electron chi connectivity index (χ3n) is 2.26. The van der Waals surface area contributed by atoms with Crippen molar-refractivity contribution in [2.45, 2.75) is 0 Å². The highest BCUT2D eigenvalue weighted by atomic mass is 127. The van der Waals surface area contributed by atoms with Gasteiger partial charge in [0.15, 0.2) is 0 Å². The van der Waals surface area contributed by atoms with Crippen molar-refractivity contribution in [1.29, 1.82) is 0 Å². The SMILES string of the molecule is NC(=S)c1cccnc1Nc1ccc(Br)c(I)c1. The average molecular weight is 434 g/mol. The number of nitrogens with zero attached hydrogens (tertiary/aromatic N) is 1. The fraction of sp³-hybridized carbons (Fsp3) is 0. The molecule has 0 saturated carbocycles. The molecule has 0 aliphatic rings. The smallest absolute Gasteiger partial charge is 0.140 e. The number of nitrogens with two attached hydrogens (primary N) is 1. The van der Waals surface area contributed by atoms with Gasteiger partial charge >= 0.3 is 0 Å². The van der Waals surface area contributed by atoms with Gasteiger partial charge in [-0.25, -0.2) is 4.98 Å². The number of benzene rings is 1. The Morgan fingerprint density at radius 2 is 2.17 bits per heavy atom. The molecular weight excluding hydrogens is 425 g/mol. The van der Waals surface area contributed by atoms with E-state index in [1.54, 1.807) is 6.20 Å². The maximum atomic E-state index is 5.66. The molecule has 18 heavy (non-hydrogen) atoms. The summed E-state index contributed by atoms with van der Waals surface area (Å²) in [6.07, 6.45) is 1.70. The van der Waals surface area contributed by atoms with Gasteiger partial charge in [0.2, 0.25) is 0 Å². The van der Waals surface area contributed by atoms with Crippen molar-refractivity contribution in [1.82, 2.24) is 4.98 Å². The minimum Gasteiger partial charge on any atom is -0.389 e.